The predicted molar refractivity (Wildman–Crippen MR) is 117 cm³/mol. The number of benzene rings is 1. The minimum atomic E-state index is -1.01. The average molecular weight is 424 g/mol. The number of pyridine rings is 1. The highest BCUT2D eigenvalue weighted by Gasteiger charge is 2.21. The number of hydrogen-bond donors (Lipinski definition) is 2. The van der Waals surface area contributed by atoms with Gasteiger partial charge in [0.15, 0.2) is 0 Å². The molecule has 0 bridgehead atoms. The van der Waals surface area contributed by atoms with Gasteiger partial charge >= 0.3 is 5.56 Å². The number of anilines is 1. The van der Waals surface area contributed by atoms with E-state index in [0.29, 0.717) is 16.7 Å². The van der Waals surface area contributed by atoms with Gasteiger partial charge in [0, 0.05) is 39.8 Å². The summed E-state index contributed by atoms with van der Waals surface area (Å²) in [7, 11) is 1.60. The minimum Gasteiger partial charge on any atom is -0.367 e. The predicted octanol–water partition coefficient (Wildman–Crippen LogP) is 1.70. The van der Waals surface area contributed by atoms with Gasteiger partial charge in [-0.3, -0.25) is 14.5 Å². The largest absolute Gasteiger partial charge is 0.367 e. The van der Waals surface area contributed by atoms with Crippen molar-refractivity contribution >= 4 is 22.6 Å². The van der Waals surface area contributed by atoms with Crippen molar-refractivity contribution in [2.45, 2.75) is 19.9 Å². The zero-order chi connectivity index (χ0) is 22.0. The number of H-pyrrole nitrogens is 1. The summed E-state index contributed by atoms with van der Waals surface area (Å²) < 4.78 is 13.3. The molecule has 0 radical (unpaired) electrons. The summed E-state index contributed by atoms with van der Waals surface area (Å²) >= 11 is 0. The van der Waals surface area contributed by atoms with Gasteiger partial charge in [-0.05, 0) is 36.2 Å². The van der Waals surface area contributed by atoms with Crippen LogP contribution in [0.4, 0.5) is 10.1 Å². The molecule has 0 saturated carbocycles. The van der Waals surface area contributed by atoms with E-state index in [1.807, 2.05) is 25.1 Å². The number of fused-ring (bicyclic) bond motifs is 1. The molecule has 1 saturated heterocycles. The van der Waals surface area contributed by atoms with E-state index >= 15 is 0 Å². The Morgan fingerprint density at radius 2 is 1.94 bits per heavy atom. The Kier molecular flexibility index (Phi) is 5.94. The highest BCUT2D eigenvalue weighted by Crippen LogP contribution is 2.22. The van der Waals surface area contributed by atoms with Gasteiger partial charge in [-0.25, -0.2) is 9.97 Å². The Balaban J connectivity index is 1.43. The number of amides is 1. The number of aromatic nitrogens is 3. The lowest BCUT2D eigenvalue weighted by Crippen LogP contribution is -2.46. The summed E-state index contributed by atoms with van der Waals surface area (Å²) in [5.74, 6) is -1.19. The summed E-state index contributed by atoms with van der Waals surface area (Å²) in [5.41, 5.74) is 3.64. The molecule has 3 aromatic rings. The zero-order valence-electron chi connectivity index (χ0n) is 17.6. The van der Waals surface area contributed by atoms with Crippen molar-refractivity contribution in [3.8, 4) is 0 Å². The quantitative estimate of drug-likeness (QED) is 0.648. The number of nitrogens with one attached hydrogen (secondary N) is 2. The van der Waals surface area contributed by atoms with E-state index in [4.69, 9.17) is 0 Å². The van der Waals surface area contributed by atoms with Crippen LogP contribution in [0.2, 0.25) is 0 Å². The first-order valence-electron chi connectivity index (χ1n) is 10.4. The average Bonchev–Trinajstić information content (AvgIpc) is 2.79. The highest BCUT2D eigenvalue weighted by atomic mass is 19.1. The second-order valence-corrected chi connectivity index (χ2v) is 7.57. The lowest BCUT2D eigenvalue weighted by molar-refractivity contribution is 0.0958. The fraction of sp³-hybridized carbons (Fsp3) is 0.364. The summed E-state index contributed by atoms with van der Waals surface area (Å²) in [6.45, 7) is 6.22. The summed E-state index contributed by atoms with van der Waals surface area (Å²) in [5, 5.41) is 2.61. The fourth-order valence-electron chi connectivity index (χ4n) is 3.91. The van der Waals surface area contributed by atoms with Crippen molar-refractivity contribution < 1.29 is 9.18 Å². The van der Waals surface area contributed by atoms with Crippen molar-refractivity contribution in [3.05, 3.63) is 63.6 Å². The van der Waals surface area contributed by atoms with Gasteiger partial charge in [0.1, 0.15) is 5.69 Å². The summed E-state index contributed by atoms with van der Waals surface area (Å²) in [4.78, 5) is 38.8. The van der Waals surface area contributed by atoms with Gasteiger partial charge in [0.25, 0.3) is 11.9 Å². The topological polar surface area (TPSA) is 94.2 Å². The molecule has 1 aliphatic rings. The standard InChI is InChI=1S/C22H25FN6O2/c1-3-15-19(7-6-17(25-15)21(30)24-2)29-10-8-28(9-11-29)13-14-4-5-16-18(12-14)27-22(31)20(23)26-16/h4-7,12H,3,8-11,13H2,1-2H3,(H,24,30)(H,27,31). The minimum absolute atomic E-state index is 0.180. The van der Waals surface area contributed by atoms with Gasteiger partial charge in [0.05, 0.1) is 22.4 Å². The molecule has 1 aromatic carbocycles. The molecule has 0 spiro atoms. The molecule has 0 aliphatic carbocycles. The van der Waals surface area contributed by atoms with Crippen molar-refractivity contribution in [1.82, 2.24) is 25.2 Å². The van der Waals surface area contributed by atoms with E-state index in [1.54, 1.807) is 19.2 Å². The van der Waals surface area contributed by atoms with Gasteiger partial charge in [-0.15, -0.1) is 0 Å². The van der Waals surface area contributed by atoms with E-state index in [9.17, 15) is 14.0 Å². The Hall–Kier alpha value is -3.33. The molecular weight excluding hydrogens is 399 g/mol. The second kappa shape index (κ2) is 8.81. The lowest BCUT2D eigenvalue weighted by Gasteiger charge is -2.36. The molecule has 2 aromatic heterocycles. The van der Waals surface area contributed by atoms with Gasteiger partial charge in [0.2, 0.25) is 0 Å². The number of hydrogen-bond acceptors (Lipinski definition) is 6. The van der Waals surface area contributed by atoms with Gasteiger partial charge in [-0.2, -0.15) is 4.39 Å². The molecule has 1 aliphatic heterocycles. The number of piperazine rings is 1. The molecule has 31 heavy (non-hydrogen) atoms. The van der Waals surface area contributed by atoms with Crippen LogP contribution in [-0.4, -0.2) is 59.0 Å². The summed E-state index contributed by atoms with van der Waals surface area (Å²) in [6, 6.07) is 9.25. The Morgan fingerprint density at radius 1 is 1.16 bits per heavy atom. The number of halogens is 1. The van der Waals surface area contributed by atoms with Gasteiger partial charge < -0.3 is 15.2 Å². The molecule has 1 amide bonds. The van der Waals surface area contributed by atoms with E-state index < -0.39 is 11.5 Å². The monoisotopic (exact) mass is 424 g/mol. The molecule has 4 rings (SSSR count). The van der Waals surface area contributed by atoms with Crippen molar-refractivity contribution in [2.24, 2.45) is 0 Å². The smallest absolute Gasteiger partial charge is 0.304 e. The number of aryl methyl sites for hydroxylation is 1. The number of nitrogens with zero attached hydrogens (tertiary/aromatic N) is 4. The van der Waals surface area contributed by atoms with Crippen LogP contribution in [0.1, 0.15) is 28.7 Å². The maximum Gasteiger partial charge on any atom is 0.304 e. The number of carbonyl (C=O) groups is 1. The van der Waals surface area contributed by atoms with Crippen molar-refractivity contribution in [3.63, 3.8) is 0 Å². The normalized spacial score (nSPS) is 14.7. The zero-order valence-corrected chi connectivity index (χ0v) is 17.6. The molecule has 0 atom stereocenters. The lowest BCUT2D eigenvalue weighted by atomic mass is 10.1. The number of carbonyl (C=O) groups excluding carboxylic acids is 1. The van der Waals surface area contributed by atoms with Crippen LogP contribution in [0.15, 0.2) is 35.1 Å². The Morgan fingerprint density at radius 3 is 2.65 bits per heavy atom. The van der Waals surface area contributed by atoms with E-state index in [0.717, 1.165) is 56.1 Å². The number of rotatable bonds is 5. The van der Waals surface area contributed by atoms with Crippen LogP contribution < -0.4 is 15.8 Å². The third-order valence-corrected chi connectivity index (χ3v) is 5.58. The van der Waals surface area contributed by atoms with Crippen LogP contribution in [-0.2, 0) is 13.0 Å². The fourth-order valence-corrected chi connectivity index (χ4v) is 3.91. The van der Waals surface area contributed by atoms with Crippen molar-refractivity contribution in [2.75, 3.05) is 38.1 Å². The molecule has 0 unspecified atom stereocenters. The molecule has 9 heteroatoms. The first-order chi connectivity index (χ1) is 15.0. The van der Waals surface area contributed by atoms with E-state index in [1.165, 1.54) is 0 Å². The maximum absolute atomic E-state index is 13.3. The van der Waals surface area contributed by atoms with E-state index in [-0.39, 0.29) is 5.91 Å². The van der Waals surface area contributed by atoms with Crippen LogP contribution >= 0.6 is 0 Å². The van der Waals surface area contributed by atoms with Crippen LogP contribution in [0.5, 0.6) is 0 Å². The molecule has 8 nitrogen and oxygen atoms in total. The third-order valence-electron chi connectivity index (χ3n) is 5.58. The first kappa shape index (κ1) is 20.9. The molecular formula is C22H25FN6O2. The molecule has 3 heterocycles. The third kappa shape index (κ3) is 4.41. The van der Waals surface area contributed by atoms with Gasteiger partial charge in [-0.1, -0.05) is 13.0 Å². The van der Waals surface area contributed by atoms with E-state index in [2.05, 4.69) is 30.1 Å². The van der Waals surface area contributed by atoms with Crippen molar-refractivity contribution in [1.29, 1.82) is 0 Å². The SMILES string of the molecule is CCc1nc(C(=O)NC)ccc1N1CCN(Cc2ccc3nc(F)c(=O)[nH]c3c2)CC1. The Labute approximate surface area is 179 Å². The van der Waals surface area contributed by atoms with Crippen LogP contribution in [0, 0.1) is 5.95 Å². The molecule has 2 N–H and O–H groups in total. The number of aromatic amines is 1. The molecule has 1 fully saturated rings. The highest BCUT2D eigenvalue weighted by molar-refractivity contribution is 5.92. The first-order valence-corrected chi connectivity index (χ1v) is 10.4. The van der Waals surface area contributed by atoms with Crippen LogP contribution in [0.25, 0.3) is 11.0 Å². The second-order valence-electron chi connectivity index (χ2n) is 7.57. The van der Waals surface area contributed by atoms with Crippen LogP contribution in [0.3, 0.4) is 0 Å². The Bertz CT molecular complexity index is 1170. The molecule has 162 valence electrons. The maximum atomic E-state index is 13.3. The summed E-state index contributed by atoms with van der Waals surface area (Å²) in [6.07, 6.45) is 0.754.